The highest BCUT2D eigenvalue weighted by Gasteiger charge is 2.21. The molecular formula is C12H14N2O4S. The van der Waals surface area contributed by atoms with E-state index in [2.05, 4.69) is 4.72 Å². The summed E-state index contributed by atoms with van der Waals surface area (Å²) in [6.45, 7) is 1.28. The first kappa shape index (κ1) is 15.0. The molecule has 0 radical (unpaired) electrons. The molecule has 0 saturated heterocycles. The molecule has 1 rings (SSSR count). The minimum Gasteiger partial charge on any atom is -0.481 e. The minimum atomic E-state index is -3.78. The Kier molecular flexibility index (Phi) is 4.89. The molecule has 2 N–H and O–H groups in total. The molecule has 0 fully saturated rings. The van der Waals surface area contributed by atoms with Gasteiger partial charge in [-0.15, -0.1) is 0 Å². The summed E-state index contributed by atoms with van der Waals surface area (Å²) in [5, 5.41) is 16.1. The van der Waals surface area contributed by atoms with Crippen molar-refractivity contribution in [1.29, 1.82) is 5.26 Å². The number of nitrogens with one attached hydrogen (secondary N) is 1. The largest absolute Gasteiger partial charge is 0.481 e. The topological polar surface area (TPSA) is 107 Å². The van der Waals surface area contributed by atoms with Crippen molar-refractivity contribution in [1.82, 2.24) is 0 Å². The monoisotopic (exact) mass is 282 g/mol. The number of anilines is 1. The molecule has 0 aliphatic rings. The number of aryl methyl sites for hydroxylation is 1. The van der Waals surface area contributed by atoms with Gasteiger partial charge in [-0.2, -0.15) is 5.26 Å². The molecule has 0 aromatic heterocycles. The third kappa shape index (κ3) is 4.26. The molecule has 0 amide bonds. The van der Waals surface area contributed by atoms with Gasteiger partial charge in [0, 0.05) is 6.42 Å². The zero-order valence-electron chi connectivity index (χ0n) is 10.3. The highest BCUT2D eigenvalue weighted by molar-refractivity contribution is 7.93. The van der Waals surface area contributed by atoms with E-state index in [1.165, 1.54) is 6.92 Å². The Bertz CT molecular complexity index is 604. The fourth-order valence-corrected chi connectivity index (χ4v) is 2.21. The van der Waals surface area contributed by atoms with Crippen molar-refractivity contribution in [2.75, 3.05) is 4.72 Å². The predicted octanol–water partition coefficient (Wildman–Crippen LogP) is 1.36. The minimum absolute atomic E-state index is 0.0907. The number of carbonyl (C=O) groups is 1. The third-order valence-corrected chi connectivity index (χ3v) is 4.07. The van der Waals surface area contributed by atoms with Crippen LogP contribution in [0.4, 0.5) is 5.69 Å². The summed E-state index contributed by atoms with van der Waals surface area (Å²) in [5.74, 6) is -0.956. The summed E-state index contributed by atoms with van der Waals surface area (Å²) in [6, 6.07) is 8.18. The third-order valence-electron chi connectivity index (χ3n) is 2.53. The summed E-state index contributed by atoms with van der Waals surface area (Å²) >= 11 is 0. The fraction of sp³-hybridized carbons (Fsp3) is 0.333. The molecule has 1 unspecified atom stereocenters. The Labute approximate surface area is 111 Å². The van der Waals surface area contributed by atoms with Crippen molar-refractivity contribution in [2.24, 2.45) is 0 Å². The van der Waals surface area contributed by atoms with Crippen molar-refractivity contribution in [2.45, 2.75) is 25.0 Å². The number of carboxylic acids is 1. The van der Waals surface area contributed by atoms with Gasteiger partial charge in [0.1, 0.15) is 0 Å². The molecule has 0 aliphatic carbocycles. The van der Waals surface area contributed by atoms with Gasteiger partial charge in [-0.3, -0.25) is 9.52 Å². The van der Waals surface area contributed by atoms with Gasteiger partial charge in [0.05, 0.1) is 11.8 Å². The molecule has 0 saturated carbocycles. The van der Waals surface area contributed by atoms with E-state index in [-0.39, 0.29) is 12.8 Å². The standard InChI is InChI=1S/C12H14N2O4S/c1-9(8-13)19(17,18)14-11-5-3-2-4-10(11)6-7-12(15)16/h2-5,9,14H,6-7H2,1H3,(H,15,16). The molecule has 0 aliphatic heterocycles. The van der Waals surface area contributed by atoms with Crippen LogP contribution in [0.25, 0.3) is 0 Å². The second-order valence-corrected chi connectivity index (χ2v) is 5.97. The number of sulfonamides is 1. The number of aliphatic carboxylic acids is 1. The molecule has 102 valence electrons. The quantitative estimate of drug-likeness (QED) is 0.819. The number of rotatable bonds is 6. The summed E-state index contributed by atoms with van der Waals surface area (Å²) in [6.07, 6.45) is 0.126. The van der Waals surface area contributed by atoms with Crippen LogP contribution in [0.1, 0.15) is 18.9 Å². The summed E-state index contributed by atoms with van der Waals surface area (Å²) < 4.78 is 25.9. The number of nitriles is 1. The number of para-hydroxylation sites is 1. The Morgan fingerprint density at radius 1 is 1.47 bits per heavy atom. The molecule has 19 heavy (non-hydrogen) atoms. The van der Waals surface area contributed by atoms with Gasteiger partial charge in [-0.25, -0.2) is 8.42 Å². The van der Waals surface area contributed by atoms with Crippen molar-refractivity contribution < 1.29 is 18.3 Å². The van der Waals surface area contributed by atoms with Crippen LogP contribution < -0.4 is 4.72 Å². The van der Waals surface area contributed by atoms with Gasteiger partial charge < -0.3 is 5.11 Å². The van der Waals surface area contributed by atoms with Crippen LogP contribution >= 0.6 is 0 Å². The molecule has 1 atom stereocenters. The molecule has 0 heterocycles. The van der Waals surface area contributed by atoms with Crippen LogP contribution in [0.15, 0.2) is 24.3 Å². The van der Waals surface area contributed by atoms with E-state index in [4.69, 9.17) is 10.4 Å². The molecule has 0 spiro atoms. The van der Waals surface area contributed by atoms with Gasteiger partial charge in [-0.1, -0.05) is 18.2 Å². The maximum atomic E-state index is 11.8. The van der Waals surface area contributed by atoms with Crippen molar-refractivity contribution in [3.05, 3.63) is 29.8 Å². The van der Waals surface area contributed by atoms with E-state index < -0.39 is 21.2 Å². The van der Waals surface area contributed by atoms with Crippen LogP contribution in [-0.4, -0.2) is 24.7 Å². The van der Waals surface area contributed by atoms with Crippen molar-refractivity contribution in [3.8, 4) is 6.07 Å². The Hall–Kier alpha value is -2.07. The zero-order chi connectivity index (χ0) is 14.5. The van der Waals surface area contributed by atoms with E-state index >= 15 is 0 Å². The molecule has 1 aromatic carbocycles. The second-order valence-electron chi connectivity index (χ2n) is 3.97. The lowest BCUT2D eigenvalue weighted by Crippen LogP contribution is -2.24. The van der Waals surface area contributed by atoms with Crippen molar-refractivity contribution >= 4 is 21.7 Å². The van der Waals surface area contributed by atoms with Crippen LogP contribution in [0.5, 0.6) is 0 Å². The molecule has 6 nitrogen and oxygen atoms in total. The van der Waals surface area contributed by atoms with Crippen molar-refractivity contribution in [3.63, 3.8) is 0 Å². The zero-order valence-corrected chi connectivity index (χ0v) is 11.1. The number of benzene rings is 1. The lowest BCUT2D eigenvalue weighted by molar-refractivity contribution is -0.136. The number of carboxylic acid groups (broad SMARTS) is 1. The number of hydrogen-bond donors (Lipinski definition) is 2. The Morgan fingerprint density at radius 2 is 2.11 bits per heavy atom. The first-order valence-electron chi connectivity index (χ1n) is 5.57. The first-order chi connectivity index (χ1) is 8.86. The highest BCUT2D eigenvalue weighted by Crippen LogP contribution is 2.19. The normalized spacial score (nSPS) is 12.4. The van der Waals surface area contributed by atoms with Gasteiger partial charge in [0.25, 0.3) is 0 Å². The maximum Gasteiger partial charge on any atom is 0.303 e. The summed E-state index contributed by atoms with van der Waals surface area (Å²) in [5.41, 5.74) is 0.893. The van der Waals surface area contributed by atoms with E-state index in [1.54, 1.807) is 30.3 Å². The summed E-state index contributed by atoms with van der Waals surface area (Å²) in [7, 11) is -3.78. The lowest BCUT2D eigenvalue weighted by atomic mass is 10.1. The SMILES string of the molecule is CC(C#N)S(=O)(=O)Nc1ccccc1CCC(=O)O. The fourth-order valence-electron chi connectivity index (χ4n) is 1.39. The average molecular weight is 282 g/mol. The molecule has 7 heteroatoms. The van der Waals surface area contributed by atoms with Crippen LogP contribution in [0, 0.1) is 11.3 Å². The molecule has 1 aromatic rings. The summed E-state index contributed by atoms with van der Waals surface area (Å²) in [4.78, 5) is 10.5. The Morgan fingerprint density at radius 3 is 2.68 bits per heavy atom. The Balaban J connectivity index is 2.96. The predicted molar refractivity (Wildman–Crippen MR) is 70.0 cm³/mol. The first-order valence-corrected chi connectivity index (χ1v) is 7.12. The number of hydrogen-bond acceptors (Lipinski definition) is 4. The lowest BCUT2D eigenvalue weighted by Gasteiger charge is -2.12. The van der Waals surface area contributed by atoms with Gasteiger partial charge >= 0.3 is 5.97 Å². The van der Waals surface area contributed by atoms with Gasteiger partial charge in [0.2, 0.25) is 10.0 Å². The highest BCUT2D eigenvalue weighted by atomic mass is 32.2. The van der Waals surface area contributed by atoms with Gasteiger partial charge in [0.15, 0.2) is 5.25 Å². The van der Waals surface area contributed by atoms with Crippen LogP contribution in [0.2, 0.25) is 0 Å². The van der Waals surface area contributed by atoms with E-state index in [9.17, 15) is 13.2 Å². The second kappa shape index (κ2) is 6.20. The average Bonchev–Trinajstić information content (AvgIpc) is 2.36. The molecule has 0 bridgehead atoms. The smallest absolute Gasteiger partial charge is 0.303 e. The van der Waals surface area contributed by atoms with E-state index in [1.807, 2.05) is 0 Å². The van der Waals surface area contributed by atoms with E-state index in [0.717, 1.165) is 0 Å². The van der Waals surface area contributed by atoms with Gasteiger partial charge in [-0.05, 0) is 25.0 Å². The number of nitrogens with zero attached hydrogens (tertiary/aromatic N) is 1. The van der Waals surface area contributed by atoms with Crippen LogP contribution in [-0.2, 0) is 21.2 Å². The van der Waals surface area contributed by atoms with Crippen LogP contribution in [0.3, 0.4) is 0 Å². The van der Waals surface area contributed by atoms with E-state index in [0.29, 0.717) is 11.3 Å². The maximum absolute atomic E-state index is 11.8. The molecular weight excluding hydrogens is 268 g/mol.